The molecule has 1 fully saturated rings. The smallest absolute Gasteiger partial charge is 0.305 e. The molecule has 0 aliphatic carbocycles. The summed E-state index contributed by atoms with van der Waals surface area (Å²) in [4.78, 5) is 30.5. The van der Waals surface area contributed by atoms with E-state index in [0.29, 0.717) is 17.8 Å². The number of nitrogens with zero attached hydrogens (tertiary/aromatic N) is 4. The molecule has 0 saturated carbocycles. The summed E-state index contributed by atoms with van der Waals surface area (Å²) in [6, 6.07) is 1.74. The van der Waals surface area contributed by atoms with E-state index in [1.54, 1.807) is 17.2 Å². The van der Waals surface area contributed by atoms with Gasteiger partial charge in [0.15, 0.2) is 5.65 Å². The molecule has 0 bridgehead atoms. The van der Waals surface area contributed by atoms with Gasteiger partial charge in [0.25, 0.3) is 5.91 Å². The summed E-state index contributed by atoms with van der Waals surface area (Å²) < 4.78 is 1.86. The maximum absolute atomic E-state index is 13.1. The van der Waals surface area contributed by atoms with Crippen LogP contribution in [0.2, 0.25) is 0 Å². The molecule has 1 N–H and O–H groups in total. The standard InChI is InChI=1S/C18H24N4O3/c1-4-12(3)22-17-15(10-19-22)14(8-11(2)20-17)18(25)21-7-5-6-13(21)9-16(23)24/h8,10,12-13H,4-7,9H2,1-3H3,(H,23,24). The van der Waals surface area contributed by atoms with Crippen LogP contribution in [0.4, 0.5) is 0 Å². The Morgan fingerprint density at radius 2 is 2.20 bits per heavy atom. The molecule has 134 valence electrons. The van der Waals surface area contributed by atoms with Gasteiger partial charge in [-0.1, -0.05) is 6.92 Å². The van der Waals surface area contributed by atoms with E-state index in [4.69, 9.17) is 5.11 Å². The Bertz CT molecular complexity index is 814. The van der Waals surface area contributed by atoms with Crippen LogP contribution >= 0.6 is 0 Å². The Morgan fingerprint density at radius 1 is 1.44 bits per heavy atom. The van der Waals surface area contributed by atoms with Crippen molar-refractivity contribution in [3.05, 3.63) is 23.5 Å². The number of pyridine rings is 1. The quantitative estimate of drug-likeness (QED) is 0.901. The second-order valence-electron chi connectivity index (χ2n) is 6.79. The molecule has 0 spiro atoms. The number of amides is 1. The number of aromatic nitrogens is 3. The Kier molecular flexibility index (Phi) is 4.74. The van der Waals surface area contributed by atoms with Gasteiger partial charge in [-0.15, -0.1) is 0 Å². The number of aliphatic carboxylic acids is 1. The molecular formula is C18H24N4O3. The lowest BCUT2D eigenvalue weighted by Gasteiger charge is -2.24. The monoisotopic (exact) mass is 344 g/mol. The number of likely N-dealkylation sites (tertiary alicyclic amines) is 1. The highest BCUT2D eigenvalue weighted by Crippen LogP contribution is 2.27. The van der Waals surface area contributed by atoms with Gasteiger partial charge in [-0.05, 0) is 39.2 Å². The van der Waals surface area contributed by atoms with E-state index in [-0.39, 0.29) is 24.4 Å². The summed E-state index contributed by atoms with van der Waals surface area (Å²) in [7, 11) is 0. The van der Waals surface area contributed by atoms with Gasteiger partial charge in [0.1, 0.15) is 0 Å². The molecule has 1 aliphatic rings. The number of carboxylic acid groups (broad SMARTS) is 1. The lowest BCUT2D eigenvalue weighted by Crippen LogP contribution is -2.37. The summed E-state index contributed by atoms with van der Waals surface area (Å²) in [6.45, 7) is 6.62. The maximum atomic E-state index is 13.1. The van der Waals surface area contributed by atoms with Crippen molar-refractivity contribution in [1.29, 1.82) is 0 Å². The van der Waals surface area contributed by atoms with Crippen molar-refractivity contribution in [2.75, 3.05) is 6.54 Å². The second kappa shape index (κ2) is 6.82. The lowest BCUT2D eigenvalue weighted by atomic mass is 10.1. The second-order valence-corrected chi connectivity index (χ2v) is 6.79. The van der Waals surface area contributed by atoms with Crippen LogP contribution in [0.3, 0.4) is 0 Å². The Balaban J connectivity index is 2.01. The molecule has 3 heterocycles. The third-order valence-corrected chi connectivity index (χ3v) is 4.98. The van der Waals surface area contributed by atoms with E-state index >= 15 is 0 Å². The third-order valence-electron chi connectivity index (χ3n) is 4.98. The minimum Gasteiger partial charge on any atom is -0.481 e. The molecule has 1 aliphatic heterocycles. The summed E-state index contributed by atoms with van der Waals surface area (Å²) in [6.07, 6.45) is 4.18. The molecule has 1 amide bonds. The van der Waals surface area contributed by atoms with Crippen molar-refractivity contribution in [3.63, 3.8) is 0 Å². The normalized spacial score (nSPS) is 18.7. The van der Waals surface area contributed by atoms with Crippen molar-refractivity contribution in [2.45, 2.75) is 58.5 Å². The van der Waals surface area contributed by atoms with E-state index in [0.717, 1.165) is 30.3 Å². The number of carbonyl (C=O) groups excluding carboxylic acids is 1. The zero-order valence-electron chi connectivity index (χ0n) is 14.9. The molecule has 2 aromatic rings. The van der Waals surface area contributed by atoms with Crippen LogP contribution in [0.25, 0.3) is 11.0 Å². The largest absolute Gasteiger partial charge is 0.481 e. The zero-order valence-corrected chi connectivity index (χ0v) is 14.9. The highest BCUT2D eigenvalue weighted by Gasteiger charge is 2.32. The first-order valence-electron chi connectivity index (χ1n) is 8.80. The van der Waals surface area contributed by atoms with Crippen molar-refractivity contribution >= 4 is 22.9 Å². The molecule has 2 aromatic heterocycles. The van der Waals surface area contributed by atoms with E-state index in [1.165, 1.54) is 0 Å². The first-order chi connectivity index (χ1) is 11.9. The highest BCUT2D eigenvalue weighted by molar-refractivity contribution is 6.05. The third kappa shape index (κ3) is 3.23. The first kappa shape index (κ1) is 17.4. The van der Waals surface area contributed by atoms with Crippen LogP contribution in [0.5, 0.6) is 0 Å². The van der Waals surface area contributed by atoms with E-state index in [9.17, 15) is 9.59 Å². The zero-order chi connectivity index (χ0) is 18.1. The van der Waals surface area contributed by atoms with Gasteiger partial charge in [0.2, 0.25) is 0 Å². The molecule has 0 aromatic carbocycles. The Morgan fingerprint density at radius 3 is 2.88 bits per heavy atom. The molecule has 2 unspecified atom stereocenters. The number of hydrogen-bond donors (Lipinski definition) is 1. The Hall–Kier alpha value is -2.44. The molecule has 25 heavy (non-hydrogen) atoms. The summed E-state index contributed by atoms with van der Waals surface area (Å²) >= 11 is 0. The van der Waals surface area contributed by atoms with Gasteiger partial charge in [-0.2, -0.15) is 5.10 Å². The topological polar surface area (TPSA) is 88.3 Å². The SMILES string of the molecule is CCC(C)n1ncc2c(C(=O)N3CCCC3CC(=O)O)cc(C)nc21. The van der Waals surface area contributed by atoms with E-state index in [1.807, 2.05) is 11.6 Å². The summed E-state index contributed by atoms with van der Waals surface area (Å²) in [5, 5.41) is 14.3. The number of aryl methyl sites for hydroxylation is 1. The maximum Gasteiger partial charge on any atom is 0.305 e. The summed E-state index contributed by atoms with van der Waals surface area (Å²) in [5.74, 6) is -0.992. The molecule has 0 radical (unpaired) electrons. The van der Waals surface area contributed by atoms with Crippen LogP contribution in [0.15, 0.2) is 12.3 Å². The van der Waals surface area contributed by atoms with Crippen molar-refractivity contribution in [3.8, 4) is 0 Å². The van der Waals surface area contributed by atoms with E-state index in [2.05, 4.69) is 23.9 Å². The van der Waals surface area contributed by atoms with Crippen LogP contribution < -0.4 is 0 Å². The van der Waals surface area contributed by atoms with Crippen LogP contribution in [-0.4, -0.2) is 49.2 Å². The fourth-order valence-electron chi connectivity index (χ4n) is 3.49. The lowest BCUT2D eigenvalue weighted by molar-refractivity contribution is -0.137. The van der Waals surface area contributed by atoms with Crippen LogP contribution in [0.1, 0.15) is 61.6 Å². The minimum atomic E-state index is -0.870. The number of rotatable bonds is 5. The minimum absolute atomic E-state index is 0.00885. The predicted molar refractivity (Wildman–Crippen MR) is 93.6 cm³/mol. The van der Waals surface area contributed by atoms with Crippen molar-refractivity contribution in [2.24, 2.45) is 0 Å². The number of carboxylic acids is 1. The van der Waals surface area contributed by atoms with Crippen molar-refractivity contribution < 1.29 is 14.7 Å². The Labute approximate surface area is 146 Å². The van der Waals surface area contributed by atoms with Crippen LogP contribution in [0, 0.1) is 6.92 Å². The van der Waals surface area contributed by atoms with Gasteiger partial charge < -0.3 is 10.0 Å². The first-order valence-corrected chi connectivity index (χ1v) is 8.80. The van der Waals surface area contributed by atoms with Gasteiger partial charge in [0, 0.05) is 18.3 Å². The predicted octanol–water partition coefficient (Wildman–Crippen LogP) is 2.79. The van der Waals surface area contributed by atoms with Gasteiger partial charge in [0.05, 0.1) is 29.6 Å². The van der Waals surface area contributed by atoms with Gasteiger partial charge >= 0.3 is 5.97 Å². The molecule has 2 atom stereocenters. The molecular weight excluding hydrogens is 320 g/mol. The van der Waals surface area contributed by atoms with E-state index < -0.39 is 5.97 Å². The fraction of sp³-hybridized carbons (Fsp3) is 0.556. The molecule has 3 rings (SSSR count). The average molecular weight is 344 g/mol. The van der Waals surface area contributed by atoms with Crippen LogP contribution in [-0.2, 0) is 4.79 Å². The van der Waals surface area contributed by atoms with Gasteiger partial charge in [-0.25, -0.2) is 9.67 Å². The molecule has 7 heteroatoms. The fourth-order valence-corrected chi connectivity index (χ4v) is 3.49. The number of carbonyl (C=O) groups is 2. The number of hydrogen-bond acceptors (Lipinski definition) is 4. The molecule has 1 saturated heterocycles. The average Bonchev–Trinajstić information content (AvgIpc) is 3.18. The van der Waals surface area contributed by atoms with Crippen molar-refractivity contribution in [1.82, 2.24) is 19.7 Å². The highest BCUT2D eigenvalue weighted by atomic mass is 16.4. The number of fused-ring (bicyclic) bond motifs is 1. The van der Waals surface area contributed by atoms with Gasteiger partial charge in [-0.3, -0.25) is 9.59 Å². The summed E-state index contributed by atoms with van der Waals surface area (Å²) in [5.41, 5.74) is 2.04. The molecule has 7 nitrogen and oxygen atoms in total.